The summed E-state index contributed by atoms with van der Waals surface area (Å²) in [6.45, 7) is 0. The highest BCUT2D eigenvalue weighted by atomic mass is 32.2. The van der Waals surface area contributed by atoms with Crippen LogP contribution in [0.2, 0.25) is 0 Å². The monoisotopic (exact) mass is 306 g/mol. The molecule has 2 aromatic rings. The molecule has 21 heavy (non-hydrogen) atoms. The van der Waals surface area contributed by atoms with Crippen molar-refractivity contribution >= 4 is 23.4 Å². The molecule has 0 spiro atoms. The van der Waals surface area contributed by atoms with E-state index in [1.165, 1.54) is 25.9 Å². The summed E-state index contributed by atoms with van der Waals surface area (Å²) in [6.07, 6.45) is 1.62. The number of Topliss-reactive ketones (excluding diaryl/α,β-unsaturated/α-hetero) is 1. The molecule has 0 unspecified atom stereocenters. The number of rotatable bonds is 4. The Labute approximate surface area is 124 Å². The van der Waals surface area contributed by atoms with E-state index in [2.05, 4.69) is 4.98 Å². The van der Waals surface area contributed by atoms with Crippen LogP contribution in [-0.2, 0) is 14.1 Å². The molecule has 8 heteroatoms. The molecular weight excluding hydrogens is 292 g/mol. The third-order valence-electron chi connectivity index (χ3n) is 2.98. The number of nitrogen functional groups attached to an aromatic ring is 1. The fourth-order valence-electron chi connectivity index (χ4n) is 1.77. The van der Waals surface area contributed by atoms with E-state index in [1.54, 1.807) is 24.4 Å². The second kappa shape index (κ2) is 5.96. The predicted octanol–water partition coefficient (Wildman–Crippen LogP) is 0.0362. The Morgan fingerprint density at radius 2 is 2.00 bits per heavy atom. The number of hydrogen-bond donors (Lipinski definition) is 1. The van der Waals surface area contributed by atoms with Gasteiger partial charge in [-0.3, -0.25) is 18.7 Å². The maximum absolute atomic E-state index is 12.2. The molecule has 0 aliphatic heterocycles. The van der Waals surface area contributed by atoms with Crippen molar-refractivity contribution in [3.8, 4) is 0 Å². The molecule has 0 aromatic carbocycles. The minimum atomic E-state index is -0.678. The van der Waals surface area contributed by atoms with Gasteiger partial charge in [0, 0.05) is 20.3 Å². The third kappa shape index (κ3) is 2.89. The zero-order valence-electron chi connectivity index (χ0n) is 11.6. The van der Waals surface area contributed by atoms with Crippen LogP contribution in [0.1, 0.15) is 10.4 Å². The zero-order valence-corrected chi connectivity index (χ0v) is 12.4. The van der Waals surface area contributed by atoms with Gasteiger partial charge in [0.15, 0.2) is 5.78 Å². The van der Waals surface area contributed by atoms with Crippen molar-refractivity contribution in [3.05, 3.63) is 50.8 Å². The average molecular weight is 306 g/mol. The van der Waals surface area contributed by atoms with E-state index in [1.807, 2.05) is 0 Å². The maximum Gasteiger partial charge on any atom is 0.332 e. The molecule has 0 atom stereocenters. The van der Waals surface area contributed by atoms with E-state index < -0.39 is 17.0 Å². The minimum absolute atomic E-state index is 0.0225. The number of aromatic nitrogens is 3. The van der Waals surface area contributed by atoms with Gasteiger partial charge in [-0.05, 0) is 12.1 Å². The van der Waals surface area contributed by atoms with E-state index in [4.69, 9.17) is 5.73 Å². The standard InChI is InChI=1S/C13H14N4O3S/c1-16-11(14)10(12(19)17(2)13(16)20)8(18)7-21-9-5-3-4-6-15-9/h3-6H,7,14H2,1-2H3. The second-order valence-corrected chi connectivity index (χ2v) is 5.34. The Morgan fingerprint density at radius 3 is 2.62 bits per heavy atom. The van der Waals surface area contributed by atoms with Gasteiger partial charge in [-0.2, -0.15) is 0 Å². The molecule has 0 aliphatic rings. The number of pyridine rings is 1. The number of ketones is 1. The first kappa shape index (κ1) is 15.0. The Kier molecular flexibility index (Phi) is 4.27. The largest absolute Gasteiger partial charge is 0.384 e. The SMILES string of the molecule is Cn1c(N)c(C(=O)CSc2ccccn2)c(=O)n(C)c1=O. The lowest BCUT2D eigenvalue weighted by Crippen LogP contribution is -2.41. The summed E-state index contributed by atoms with van der Waals surface area (Å²) in [5.41, 5.74) is 4.32. The molecule has 2 N–H and O–H groups in total. The molecule has 0 saturated heterocycles. The molecule has 0 fully saturated rings. The molecule has 2 heterocycles. The van der Waals surface area contributed by atoms with Crippen molar-refractivity contribution in [1.29, 1.82) is 0 Å². The van der Waals surface area contributed by atoms with Gasteiger partial charge in [0.2, 0.25) is 0 Å². The molecule has 0 aliphatic carbocycles. The van der Waals surface area contributed by atoms with Gasteiger partial charge in [-0.25, -0.2) is 9.78 Å². The van der Waals surface area contributed by atoms with Crippen molar-refractivity contribution in [2.75, 3.05) is 11.5 Å². The van der Waals surface area contributed by atoms with Gasteiger partial charge in [0.25, 0.3) is 5.56 Å². The van der Waals surface area contributed by atoms with Gasteiger partial charge in [-0.1, -0.05) is 17.8 Å². The third-order valence-corrected chi connectivity index (χ3v) is 3.92. The van der Waals surface area contributed by atoms with E-state index in [0.717, 1.165) is 9.13 Å². The quantitative estimate of drug-likeness (QED) is 0.632. The number of thioether (sulfide) groups is 1. The highest BCUT2D eigenvalue weighted by molar-refractivity contribution is 7.99. The highest BCUT2D eigenvalue weighted by Gasteiger charge is 2.20. The fourth-order valence-corrected chi connectivity index (χ4v) is 2.50. The summed E-state index contributed by atoms with van der Waals surface area (Å²) in [7, 11) is 2.73. The first-order valence-electron chi connectivity index (χ1n) is 6.06. The van der Waals surface area contributed by atoms with Crippen molar-refractivity contribution in [2.24, 2.45) is 14.1 Å². The van der Waals surface area contributed by atoms with Crippen LogP contribution in [0.4, 0.5) is 5.82 Å². The van der Waals surface area contributed by atoms with Crippen LogP contribution in [0.5, 0.6) is 0 Å². The molecule has 0 amide bonds. The molecule has 0 radical (unpaired) electrons. The second-order valence-electron chi connectivity index (χ2n) is 4.35. The number of carbonyl (C=O) groups is 1. The molecule has 7 nitrogen and oxygen atoms in total. The van der Waals surface area contributed by atoms with Gasteiger partial charge < -0.3 is 5.73 Å². The van der Waals surface area contributed by atoms with Gasteiger partial charge in [0.1, 0.15) is 11.4 Å². The summed E-state index contributed by atoms with van der Waals surface area (Å²) in [6, 6.07) is 5.34. The van der Waals surface area contributed by atoms with Gasteiger partial charge in [-0.15, -0.1) is 0 Å². The first-order valence-corrected chi connectivity index (χ1v) is 7.04. The van der Waals surface area contributed by atoms with Crippen LogP contribution >= 0.6 is 11.8 Å². The van der Waals surface area contributed by atoms with E-state index >= 15 is 0 Å². The van der Waals surface area contributed by atoms with E-state index in [0.29, 0.717) is 5.03 Å². The van der Waals surface area contributed by atoms with Crippen LogP contribution in [0.15, 0.2) is 39.0 Å². The van der Waals surface area contributed by atoms with Gasteiger partial charge >= 0.3 is 5.69 Å². The van der Waals surface area contributed by atoms with Crippen LogP contribution < -0.4 is 17.0 Å². The number of hydrogen-bond acceptors (Lipinski definition) is 6. The summed E-state index contributed by atoms with van der Waals surface area (Å²) in [4.78, 5) is 40.0. The maximum atomic E-state index is 12.2. The Balaban J connectivity index is 2.32. The van der Waals surface area contributed by atoms with Crippen molar-refractivity contribution in [2.45, 2.75) is 5.03 Å². The molecule has 0 saturated carbocycles. The zero-order chi connectivity index (χ0) is 15.6. The lowest BCUT2D eigenvalue weighted by molar-refractivity contribution is 0.102. The summed E-state index contributed by atoms with van der Waals surface area (Å²) in [5.74, 6) is -0.525. The number of anilines is 1. The molecule has 2 aromatic heterocycles. The van der Waals surface area contributed by atoms with Crippen molar-refractivity contribution in [3.63, 3.8) is 0 Å². The van der Waals surface area contributed by atoms with Crippen molar-refractivity contribution < 1.29 is 4.79 Å². The fraction of sp³-hybridized carbons (Fsp3) is 0.231. The molecule has 0 bridgehead atoms. The van der Waals surface area contributed by atoms with Gasteiger partial charge in [0.05, 0.1) is 10.8 Å². The molecular formula is C13H14N4O3S. The normalized spacial score (nSPS) is 10.6. The van der Waals surface area contributed by atoms with Crippen LogP contribution in [-0.4, -0.2) is 25.7 Å². The van der Waals surface area contributed by atoms with E-state index in [-0.39, 0.29) is 17.1 Å². The molecule has 110 valence electrons. The summed E-state index contributed by atoms with van der Waals surface area (Å²) >= 11 is 1.20. The lowest BCUT2D eigenvalue weighted by Gasteiger charge is -2.10. The minimum Gasteiger partial charge on any atom is -0.384 e. The van der Waals surface area contributed by atoms with Crippen LogP contribution in [0, 0.1) is 0 Å². The summed E-state index contributed by atoms with van der Waals surface area (Å²) < 4.78 is 1.95. The first-order chi connectivity index (χ1) is 9.93. The van der Waals surface area contributed by atoms with E-state index in [9.17, 15) is 14.4 Å². The van der Waals surface area contributed by atoms with Crippen LogP contribution in [0.3, 0.4) is 0 Å². The lowest BCUT2D eigenvalue weighted by atomic mass is 10.2. The predicted molar refractivity (Wildman–Crippen MR) is 80.6 cm³/mol. The number of nitrogens with zero attached hydrogens (tertiary/aromatic N) is 3. The highest BCUT2D eigenvalue weighted by Crippen LogP contribution is 2.16. The summed E-state index contributed by atoms with van der Waals surface area (Å²) in [5, 5.41) is 0.672. The Hall–Kier alpha value is -2.35. The van der Waals surface area contributed by atoms with Crippen LogP contribution in [0.25, 0.3) is 0 Å². The smallest absolute Gasteiger partial charge is 0.332 e. The topological polar surface area (TPSA) is 100.0 Å². The Morgan fingerprint density at radius 1 is 1.29 bits per heavy atom. The Bertz CT molecular complexity index is 796. The average Bonchev–Trinajstić information content (AvgIpc) is 2.50. The molecule has 2 rings (SSSR count). The van der Waals surface area contributed by atoms with Crippen molar-refractivity contribution in [1.82, 2.24) is 14.1 Å². The number of carbonyl (C=O) groups excluding carboxylic acids is 1. The number of nitrogens with two attached hydrogens (primary N) is 1.